The molecule has 9 nitrogen and oxygen atoms in total. The summed E-state index contributed by atoms with van der Waals surface area (Å²) in [6, 6.07) is 11.6. The maximum Gasteiger partial charge on any atom is 0.281 e. The summed E-state index contributed by atoms with van der Waals surface area (Å²) in [5, 5.41) is -0.370. The van der Waals surface area contributed by atoms with E-state index < -0.39 is 21.7 Å². The highest BCUT2D eigenvalue weighted by Crippen LogP contribution is 2.37. The maximum absolute atomic E-state index is 14.5. The zero-order valence-electron chi connectivity index (χ0n) is 21.8. The Bertz CT molecular complexity index is 1450. The maximum atomic E-state index is 14.5. The van der Waals surface area contributed by atoms with Gasteiger partial charge in [-0.25, -0.2) is 19.1 Å². The van der Waals surface area contributed by atoms with Gasteiger partial charge in [0.15, 0.2) is 5.03 Å². The highest BCUT2D eigenvalue weighted by atomic mass is 32.2. The Morgan fingerprint density at radius 2 is 1.92 bits per heavy atom. The Balaban J connectivity index is 0.00000420. The first-order valence-corrected chi connectivity index (χ1v) is 13.9. The lowest BCUT2D eigenvalue weighted by Crippen LogP contribution is -2.36. The summed E-state index contributed by atoms with van der Waals surface area (Å²) in [5.41, 5.74) is 6.56. The summed E-state index contributed by atoms with van der Waals surface area (Å²) in [5.74, 6) is 0.0257. The normalized spacial score (nSPS) is 14.3. The van der Waals surface area contributed by atoms with Crippen LogP contribution >= 0.6 is 0 Å². The van der Waals surface area contributed by atoms with Crippen LogP contribution in [-0.2, 0) is 10.0 Å². The second-order valence-corrected chi connectivity index (χ2v) is 11.6. The molecule has 3 aromatic rings. The standard InChI is InChI=1S/C27H32FN5O4S.H2/c1-16(2)15-37-21-13-19(12-20(28)14-21)23-11-10-22(26(30-23)33(4)17(3)18-8-9-18)27(34)32-38(35,36)25-7-5-6-24(29)31-25;/h5-7,10-14,16-18H,8-9,15H2,1-4H3,(H2,29,31)(H,32,34);1H. The number of carbonyl (C=O) groups excluding carboxylic acids is 1. The number of rotatable bonds is 10. The van der Waals surface area contributed by atoms with Gasteiger partial charge in [-0.15, -0.1) is 0 Å². The second-order valence-electron chi connectivity index (χ2n) is 9.97. The summed E-state index contributed by atoms with van der Waals surface area (Å²) < 4.78 is 47.9. The quantitative estimate of drug-likeness (QED) is 0.383. The predicted molar refractivity (Wildman–Crippen MR) is 146 cm³/mol. The lowest BCUT2D eigenvalue weighted by atomic mass is 10.1. The fourth-order valence-corrected chi connectivity index (χ4v) is 4.95. The molecule has 1 saturated carbocycles. The number of nitrogens with one attached hydrogen (secondary N) is 1. The Hall–Kier alpha value is -3.73. The van der Waals surface area contributed by atoms with Crippen molar-refractivity contribution in [2.75, 3.05) is 24.3 Å². The third-order valence-electron chi connectivity index (χ3n) is 6.37. The highest BCUT2D eigenvalue weighted by molar-refractivity contribution is 7.90. The SMILES string of the molecule is CC(C)COc1cc(F)cc(-c2ccc(C(=O)NS(=O)(=O)c3cccc(N)n3)c(N(C)C(C)C3CC3)n2)c1.[HH]. The molecule has 1 fully saturated rings. The molecule has 2 heterocycles. The van der Waals surface area contributed by atoms with Crippen molar-refractivity contribution in [1.29, 1.82) is 0 Å². The lowest BCUT2D eigenvalue weighted by molar-refractivity contribution is 0.0981. The van der Waals surface area contributed by atoms with Gasteiger partial charge < -0.3 is 15.4 Å². The van der Waals surface area contributed by atoms with Gasteiger partial charge in [0.1, 0.15) is 23.2 Å². The summed E-state index contributed by atoms with van der Waals surface area (Å²) in [7, 11) is -2.48. The van der Waals surface area contributed by atoms with E-state index in [2.05, 4.69) is 9.71 Å². The third kappa shape index (κ3) is 6.39. The first-order chi connectivity index (χ1) is 17.9. The molecule has 4 rings (SSSR count). The van der Waals surface area contributed by atoms with Crippen molar-refractivity contribution in [1.82, 2.24) is 14.7 Å². The van der Waals surface area contributed by atoms with Crippen LogP contribution < -0.4 is 20.1 Å². The molecule has 0 radical (unpaired) electrons. The third-order valence-corrected chi connectivity index (χ3v) is 7.60. The van der Waals surface area contributed by atoms with Crippen molar-refractivity contribution >= 4 is 27.6 Å². The van der Waals surface area contributed by atoms with Gasteiger partial charge in [-0.1, -0.05) is 19.9 Å². The number of nitrogens with two attached hydrogens (primary N) is 1. The molecule has 11 heteroatoms. The molecular weight excluding hydrogens is 509 g/mol. The molecule has 1 amide bonds. The molecule has 1 aliphatic rings. The molecule has 2 aromatic heterocycles. The van der Waals surface area contributed by atoms with Crippen molar-refractivity contribution in [3.63, 3.8) is 0 Å². The van der Waals surface area contributed by atoms with E-state index in [-0.39, 0.29) is 35.6 Å². The van der Waals surface area contributed by atoms with Gasteiger partial charge in [-0.05, 0) is 68.0 Å². The van der Waals surface area contributed by atoms with E-state index in [9.17, 15) is 17.6 Å². The highest BCUT2D eigenvalue weighted by Gasteiger charge is 2.33. The second kappa shape index (κ2) is 10.9. The minimum atomic E-state index is -4.29. The monoisotopic (exact) mass is 543 g/mol. The first kappa shape index (κ1) is 27.3. The molecule has 1 aliphatic carbocycles. The number of sulfonamides is 1. The fourth-order valence-electron chi connectivity index (χ4n) is 4.01. The molecule has 1 unspecified atom stereocenters. The number of anilines is 2. The predicted octanol–water partition coefficient (Wildman–Crippen LogP) is 4.50. The molecule has 1 atom stereocenters. The summed E-state index contributed by atoms with van der Waals surface area (Å²) >= 11 is 0. The van der Waals surface area contributed by atoms with E-state index >= 15 is 0 Å². The van der Waals surface area contributed by atoms with E-state index in [1.807, 2.05) is 32.7 Å². The number of hydrogen-bond donors (Lipinski definition) is 2. The molecule has 204 valence electrons. The van der Waals surface area contributed by atoms with Crippen molar-refractivity contribution < 1.29 is 23.8 Å². The van der Waals surface area contributed by atoms with Gasteiger partial charge in [0.2, 0.25) is 0 Å². The van der Waals surface area contributed by atoms with Crippen LogP contribution in [0.1, 0.15) is 45.4 Å². The summed E-state index contributed by atoms with van der Waals surface area (Å²) in [6.07, 6.45) is 2.12. The number of nitrogen functional groups attached to an aromatic ring is 1. The number of benzene rings is 1. The minimum Gasteiger partial charge on any atom is -0.493 e. The number of nitrogens with zero attached hydrogens (tertiary/aromatic N) is 3. The molecule has 3 N–H and O–H groups in total. The van der Waals surface area contributed by atoms with E-state index in [4.69, 9.17) is 15.5 Å². The van der Waals surface area contributed by atoms with E-state index in [0.717, 1.165) is 12.8 Å². The lowest BCUT2D eigenvalue weighted by Gasteiger charge is -2.28. The first-order valence-electron chi connectivity index (χ1n) is 12.4. The van der Waals surface area contributed by atoms with Crippen LogP contribution in [0.15, 0.2) is 53.6 Å². The Morgan fingerprint density at radius 3 is 2.58 bits per heavy atom. The number of ether oxygens (including phenoxy) is 1. The van der Waals surface area contributed by atoms with Crippen LogP contribution in [0.5, 0.6) is 5.75 Å². The fraction of sp³-hybridized carbons (Fsp3) is 0.370. The van der Waals surface area contributed by atoms with Gasteiger partial charge >= 0.3 is 0 Å². The van der Waals surface area contributed by atoms with Crippen LogP contribution in [0.2, 0.25) is 0 Å². The minimum absolute atomic E-state index is 0. The number of amides is 1. The van der Waals surface area contributed by atoms with Crippen LogP contribution in [0, 0.1) is 17.7 Å². The number of hydrogen-bond acceptors (Lipinski definition) is 8. The molecule has 0 bridgehead atoms. The molecule has 0 spiro atoms. The van der Waals surface area contributed by atoms with Crippen LogP contribution in [0.3, 0.4) is 0 Å². The summed E-state index contributed by atoms with van der Waals surface area (Å²) in [4.78, 5) is 23.6. The van der Waals surface area contributed by atoms with E-state index in [1.165, 1.54) is 36.4 Å². The number of aromatic nitrogens is 2. The average molecular weight is 544 g/mol. The average Bonchev–Trinajstić information content (AvgIpc) is 3.71. The molecule has 1 aromatic carbocycles. The Kier molecular flexibility index (Phi) is 7.86. The van der Waals surface area contributed by atoms with Gasteiger partial charge in [0.25, 0.3) is 15.9 Å². The van der Waals surface area contributed by atoms with Crippen molar-refractivity contribution in [3.05, 3.63) is 59.9 Å². The van der Waals surface area contributed by atoms with Gasteiger partial charge in [-0.2, -0.15) is 8.42 Å². The largest absolute Gasteiger partial charge is 0.493 e. The number of pyridine rings is 2. The number of halogens is 1. The van der Waals surface area contributed by atoms with Crippen molar-refractivity contribution in [2.45, 2.75) is 44.7 Å². The van der Waals surface area contributed by atoms with E-state index in [1.54, 1.807) is 12.1 Å². The Labute approximate surface area is 223 Å². The van der Waals surface area contributed by atoms with Gasteiger partial charge in [0.05, 0.1) is 17.9 Å². The van der Waals surface area contributed by atoms with Crippen LogP contribution in [-0.4, -0.2) is 44.0 Å². The Morgan fingerprint density at radius 1 is 1.18 bits per heavy atom. The molecule has 38 heavy (non-hydrogen) atoms. The molecule has 0 aliphatic heterocycles. The molecule has 0 saturated heterocycles. The van der Waals surface area contributed by atoms with Gasteiger partial charge in [-0.3, -0.25) is 4.79 Å². The summed E-state index contributed by atoms with van der Waals surface area (Å²) in [6.45, 7) is 6.45. The zero-order valence-corrected chi connectivity index (χ0v) is 22.6. The smallest absolute Gasteiger partial charge is 0.281 e. The van der Waals surface area contributed by atoms with Crippen molar-refractivity contribution in [2.24, 2.45) is 11.8 Å². The van der Waals surface area contributed by atoms with Gasteiger partial charge in [0, 0.05) is 26.1 Å². The van der Waals surface area contributed by atoms with E-state index in [0.29, 0.717) is 29.5 Å². The van der Waals surface area contributed by atoms with Crippen LogP contribution in [0.4, 0.5) is 16.0 Å². The van der Waals surface area contributed by atoms with Crippen LogP contribution in [0.25, 0.3) is 11.3 Å². The number of carbonyl (C=O) groups is 1. The zero-order chi connectivity index (χ0) is 27.6. The topological polar surface area (TPSA) is 128 Å². The molecular formula is C27H34FN5O4S. The van der Waals surface area contributed by atoms with Crippen molar-refractivity contribution in [3.8, 4) is 17.0 Å².